The number of fused-ring (bicyclic) bond motifs is 2. The average Bonchev–Trinajstić information content (AvgIpc) is 2.66. The van der Waals surface area contributed by atoms with E-state index in [0.29, 0.717) is 5.69 Å². The molecule has 5 nitrogen and oxygen atoms in total. The number of para-hydroxylation sites is 2. The molecule has 1 heterocycles. The number of nitrogens with two attached hydrogens (primary N) is 1. The Morgan fingerprint density at radius 3 is 2.26 bits per heavy atom. The molecule has 0 aliphatic carbocycles. The maximum absolute atomic E-state index is 11.1. The lowest BCUT2D eigenvalue weighted by Crippen LogP contribution is -2.01. The third kappa shape index (κ3) is 3.53. The molecule has 0 fully saturated rings. The molecule has 0 spiro atoms. The number of nitrogens with zero attached hydrogens (tertiary/aromatic N) is 1. The minimum Gasteiger partial charge on any atom is -0.461 e. The van der Waals surface area contributed by atoms with E-state index in [1.807, 2.05) is 60.7 Å². The van der Waals surface area contributed by atoms with Crippen LogP contribution in [0.1, 0.15) is 12.5 Å². The highest BCUT2D eigenvalue weighted by Crippen LogP contribution is 2.33. The quantitative estimate of drug-likeness (QED) is 0.312. The summed E-state index contributed by atoms with van der Waals surface area (Å²) < 4.78 is 5.10. The van der Waals surface area contributed by atoms with E-state index < -0.39 is 0 Å². The van der Waals surface area contributed by atoms with Crippen molar-refractivity contribution in [3.8, 4) is 0 Å². The van der Waals surface area contributed by atoms with Gasteiger partial charge >= 0.3 is 5.97 Å². The number of aromatic nitrogens is 1. The summed E-state index contributed by atoms with van der Waals surface area (Å²) in [5, 5.41) is 5.55. The number of benzene rings is 3. The molecular weight excluding hydrogens is 338 g/mol. The summed E-state index contributed by atoms with van der Waals surface area (Å²) in [6.45, 7) is 1.58. The van der Waals surface area contributed by atoms with Crippen molar-refractivity contribution in [2.45, 2.75) is 13.5 Å². The number of esters is 1. The zero-order valence-electron chi connectivity index (χ0n) is 14.9. The van der Waals surface area contributed by atoms with Gasteiger partial charge in [-0.25, -0.2) is 4.98 Å². The zero-order valence-corrected chi connectivity index (χ0v) is 14.9. The number of hydrogen-bond donors (Lipinski definition) is 2. The first-order chi connectivity index (χ1) is 13.1. The van der Waals surface area contributed by atoms with Crippen molar-refractivity contribution >= 4 is 44.8 Å². The molecular formula is C22H19N3O2. The Bertz CT molecular complexity index is 1100. The van der Waals surface area contributed by atoms with Gasteiger partial charge in [0.25, 0.3) is 0 Å². The fourth-order valence-corrected chi connectivity index (χ4v) is 3.18. The molecule has 27 heavy (non-hydrogen) atoms. The Labute approximate surface area is 156 Å². The Kier molecular flexibility index (Phi) is 4.34. The minimum atomic E-state index is -0.321. The number of carbonyl (C=O) groups is 1. The second-order valence-electron chi connectivity index (χ2n) is 6.39. The van der Waals surface area contributed by atoms with Crippen LogP contribution in [0.5, 0.6) is 0 Å². The molecule has 5 heteroatoms. The third-order valence-electron chi connectivity index (χ3n) is 4.31. The Balaban J connectivity index is 1.82. The van der Waals surface area contributed by atoms with Gasteiger partial charge in [0.1, 0.15) is 6.61 Å². The lowest BCUT2D eigenvalue weighted by molar-refractivity contribution is -0.142. The van der Waals surface area contributed by atoms with E-state index in [1.54, 1.807) is 6.07 Å². The Morgan fingerprint density at radius 1 is 1.00 bits per heavy atom. The minimum absolute atomic E-state index is 0.187. The van der Waals surface area contributed by atoms with Crippen LogP contribution in [0.4, 0.5) is 17.1 Å². The van der Waals surface area contributed by atoms with Gasteiger partial charge in [-0.1, -0.05) is 36.4 Å². The smallest absolute Gasteiger partial charge is 0.302 e. The van der Waals surface area contributed by atoms with Crippen LogP contribution in [0.25, 0.3) is 21.8 Å². The number of anilines is 3. The van der Waals surface area contributed by atoms with Gasteiger partial charge < -0.3 is 15.8 Å². The summed E-state index contributed by atoms with van der Waals surface area (Å²) in [7, 11) is 0. The van der Waals surface area contributed by atoms with E-state index in [1.165, 1.54) is 6.92 Å². The number of hydrogen-bond acceptors (Lipinski definition) is 5. The molecule has 0 radical (unpaired) electrons. The van der Waals surface area contributed by atoms with Crippen molar-refractivity contribution in [3.05, 3.63) is 72.3 Å². The molecule has 3 N–H and O–H groups in total. The van der Waals surface area contributed by atoms with Gasteiger partial charge in [0, 0.05) is 29.1 Å². The monoisotopic (exact) mass is 357 g/mol. The van der Waals surface area contributed by atoms with Crippen LogP contribution >= 0.6 is 0 Å². The number of pyridine rings is 1. The van der Waals surface area contributed by atoms with E-state index in [4.69, 9.17) is 15.5 Å². The van der Waals surface area contributed by atoms with Crippen molar-refractivity contribution in [1.29, 1.82) is 0 Å². The highest BCUT2D eigenvalue weighted by atomic mass is 16.5. The number of ether oxygens (including phenoxy) is 1. The zero-order chi connectivity index (χ0) is 18.8. The van der Waals surface area contributed by atoms with Gasteiger partial charge in [-0.2, -0.15) is 0 Å². The summed E-state index contributed by atoms with van der Waals surface area (Å²) in [5.41, 5.74) is 11.1. The summed E-state index contributed by atoms with van der Waals surface area (Å²) in [4.78, 5) is 15.8. The van der Waals surface area contributed by atoms with Gasteiger partial charge in [0.2, 0.25) is 0 Å². The number of rotatable bonds is 4. The molecule has 4 rings (SSSR count). The van der Waals surface area contributed by atoms with Gasteiger partial charge in [0.05, 0.1) is 16.7 Å². The standard InChI is InChI=1S/C22H19N3O2/c1-14(26)27-13-15-10-16(23)12-17(11-15)24-22-18-6-2-4-8-20(18)25-21-9-5-3-7-19(21)22/h2-12H,13,23H2,1H3,(H,24,25). The molecule has 0 bridgehead atoms. The van der Waals surface area contributed by atoms with E-state index in [2.05, 4.69) is 5.32 Å². The van der Waals surface area contributed by atoms with Gasteiger partial charge in [-0.3, -0.25) is 4.79 Å². The molecule has 0 aliphatic heterocycles. The molecule has 0 atom stereocenters. The van der Waals surface area contributed by atoms with Crippen molar-refractivity contribution < 1.29 is 9.53 Å². The van der Waals surface area contributed by atoms with E-state index in [0.717, 1.165) is 38.7 Å². The van der Waals surface area contributed by atoms with Crippen LogP contribution in [0.15, 0.2) is 66.7 Å². The summed E-state index contributed by atoms with van der Waals surface area (Å²) >= 11 is 0. The Morgan fingerprint density at radius 2 is 1.63 bits per heavy atom. The third-order valence-corrected chi connectivity index (χ3v) is 4.31. The predicted molar refractivity (Wildman–Crippen MR) is 109 cm³/mol. The Hall–Kier alpha value is -3.60. The number of nitrogen functional groups attached to an aromatic ring is 1. The van der Waals surface area contributed by atoms with E-state index >= 15 is 0 Å². The molecule has 4 aromatic rings. The van der Waals surface area contributed by atoms with Crippen LogP contribution in [0, 0.1) is 0 Å². The lowest BCUT2D eigenvalue weighted by Gasteiger charge is -2.15. The largest absolute Gasteiger partial charge is 0.461 e. The average molecular weight is 357 g/mol. The van der Waals surface area contributed by atoms with Gasteiger partial charge in [0.15, 0.2) is 0 Å². The molecule has 0 unspecified atom stereocenters. The van der Waals surface area contributed by atoms with E-state index in [-0.39, 0.29) is 12.6 Å². The number of nitrogens with one attached hydrogen (secondary N) is 1. The van der Waals surface area contributed by atoms with Crippen LogP contribution < -0.4 is 11.1 Å². The maximum Gasteiger partial charge on any atom is 0.302 e. The predicted octanol–water partition coefficient (Wildman–Crippen LogP) is 4.78. The highest BCUT2D eigenvalue weighted by molar-refractivity contribution is 6.08. The van der Waals surface area contributed by atoms with Gasteiger partial charge in [-0.05, 0) is 35.9 Å². The highest BCUT2D eigenvalue weighted by Gasteiger charge is 2.10. The second kappa shape index (κ2) is 6.96. The first kappa shape index (κ1) is 16.8. The van der Waals surface area contributed by atoms with E-state index in [9.17, 15) is 4.79 Å². The van der Waals surface area contributed by atoms with Crippen molar-refractivity contribution in [1.82, 2.24) is 4.98 Å². The van der Waals surface area contributed by atoms with Gasteiger partial charge in [-0.15, -0.1) is 0 Å². The molecule has 1 aromatic heterocycles. The van der Waals surface area contributed by atoms with Crippen molar-refractivity contribution in [2.24, 2.45) is 0 Å². The molecule has 134 valence electrons. The van der Waals surface area contributed by atoms with Crippen LogP contribution in [0.3, 0.4) is 0 Å². The van der Waals surface area contributed by atoms with Crippen molar-refractivity contribution in [3.63, 3.8) is 0 Å². The maximum atomic E-state index is 11.1. The van der Waals surface area contributed by atoms with Crippen LogP contribution in [-0.4, -0.2) is 11.0 Å². The SMILES string of the molecule is CC(=O)OCc1cc(N)cc(Nc2c3ccccc3nc3ccccc23)c1. The fraction of sp³-hybridized carbons (Fsp3) is 0.0909. The fourth-order valence-electron chi connectivity index (χ4n) is 3.18. The first-order valence-electron chi connectivity index (χ1n) is 8.67. The van der Waals surface area contributed by atoms with Crippen LogP contribution in [0.2, 0.25) is 0 Å². The molecule has 0 saturated heterocycles. The normalized spacial score (nSPS) is 10.9. The topological polar surface area (TPSA) is 77.2 Å². The first-order valence-corrected chi connectivity index (χ1v) is 8.67. The second-order valence-corrected chi connectivity index (χ2v) is 6.39. The molecule has 3 aromatic carbocycles. The van der Waals surface area contributed by atoms with Crippen LogP contribution in [-0.2, 0) is 16.1 Å². The summed E-state index contributed by atoms with van der Waals surface area (Å²) in [6.07, 6.45) is 0. The lowest BCUT2D eigenvalue weighted by atomic mass is 10.1. The molecule has 0 amide bonds. The molecule has 0 aliphatic rings. The molecule has 0 saturated carbocycles. The summed E-state index contributed by atoms with van der Waals surface area (Å²) in [5.74, 6) is -0.321. The van der Waals surface area contributed by atoms with Crippen molar-refractivity contribution in [2.75, 3.05) is 11.1 Å². The number of carbonyl (C=O) groups excluding carboxylic acids is 1. The summed E-state index contributed by atoms with van der Waals surface area (Å²) in [6, 6.07) is 21.6.